The summed E-state index contributed by atoms with van der Waals surface area (Å²) in [6.07, 6.45) is 4.60. The highest BCUT2D eigenvalue weighted by Crippen LogP contribution is 2.56. The highest BCUT2D eigenvalue weighted by molar-refractivity contribution is 7.52. The number of benzene rings is 1. The van der Waals surface area contributed by atoms with Gasteiger partial charge in [-0.1, -0.05) is 45.4 Å². The number of H-pyrrole nitrogens is 1. The van der Waals surface area contributed by atoms with Gasteiger partial charge >= 0.3 is 19.7 Å². The topological polar surface area (TPSA) is 216 Å². The minimum Gasteiger partial charge on any atom is -0.463 e. The third-order valence-corrected chi connectivity index (χ3v) is 9.13. The van der Waals surface area contributed by atoms with E-state index in [1.807, 2.05) is 6.92 Å². The molecule has 0 saturated heterocycles. The van der Waals surface area contributed by atoms with Crippen LogP contribution in [0.15, 0.2) is 47.0 Å². The van der Waals surface area contributed by atoms with Crippen LogP contribution in [0.3, 0.4) is 0 Å². The zero-order valence-electron chi connectivity index (χ0n) is 26.6. The number of fused-ring (bicyclic) bond motifs is 1. The van der Waals surface area contributed by atoms with Crippen molar-refractivity contribution in [3.63, 3.8) is 0 Å². The molecule has 4 rings (SSSR count). The van der Waals surface area contributed by atoms with E-state index in [4.69, 9.17) is 30.0 Å². The molecule has 6 N–H and O–H groups in total. The fraction of sp³-hybridized carbons (Fsp3) is 0.500. The quantitative estimate of drug-likeness (QED) is 0.128. The third kappa shape index (κ3) is 8.60. The van der Waals surface area contributed by atoms with Gasteiger partial charge in [-0.15, -0.1) is 0 Å². The molecule has 5 atom stereocenters. The molecule has 3 aromatic rings. The maximum Gasteiger partial charge on any atom is 0.459 e. The largest absolute Gasteiger partial charge is 0.463 e. The lowest BCUT2D eigenvalue weighted by Gasteiger charge is -2.26. The monoisotopic (exact) mass is 659 g/mol. The number of aromatic amines is 1. The summed E-state index contributed by atoms with van der Waals surface area (Å²) in [4.78, 5) is 48.5. The van der Waals surface area contributed by atoms with E-state index in [0.29, 0.717) is 18.4 Å². The Hall–Kier alpha value is -4.04. The molecule has 1 aromatic carbocycles. The molecule has 2 heterocycles. The summed E-state index contributed by atoms with van der Waals surface area (Å²) in [6, 6.07) is 6.47. The predicted octanol–water partition coefficient (Wildman–Crippen LogP) is 3.37. The second-order valence-corrected chi connectivity index (χ2v) is 13.5. The Bertz CT molecular complexity index is 1670. The molecule has 15 nitrogen and oxygen atoms in total. The molecule has 1 aliphatic rings. The number of ether oxygens (including phenoxy) is 2. The molecule has 16 heteroatoms. The van der Waals surface area contributed by atoms with Crippen LogP contribution in [0.1, 0.15) is 53.9 Å². The molecule has 1 saturated carbocycles. The van der Waals surface area contributed by atoms with Crippen LogP contribution < -0.4 is 26.6 Å². The maximum absolute atomic E-state index is 14.2. The molecule has 46 heavy (non-hydrogen) atoms. The van der Waals surface area contributed by atoms with Gasteiger partial charge in [-0.3, -0.25) is 28.5 Å². The van der Waals surface area contributed by atoms with Crippen LogP contribution in [0.2, 0.25) is 0 Å². The zero-order valence-corrected chi connectivity index (χ0v) is 27.5. The van der Waals surface area contributed by atoms with Gasteiger partial charge in [0.05, 0.1) is 18.1 Å². The molecular formula is C30H42N7O8P. The van der Waals surface area contributed by atoms with Crippen molar-refractivity contribution in [1.82, 2.24) is 24.6 Å². The first-order valence-electron chi connectivity index (χ1n) is 15.1. The van der Waals surface area contributed by atoms with Gasteiger partial charge in [-0.05, 0) is 50.3 Å². The molecule has 0 amide bonds. The Morgan fingerprint density at radius 2 is 1.89 bits per heavy atom. The lowest BCUT2D eigenvalue weighted by molar-refractivity contribution is -0.150. The summed E-state index contributed by atoms with van der Waals surface area (Å²) in [5.74, 6) is -1.22. The second kappa shape index (κ2) is 14.6. The summed E-state index contributed by atoms with van der Waals surface area (Å²) in [7, 11) is -4.23. The number of para-hydroxylation sites is 1. The Kier molecular flexibility index (Phi) is 11.0. The van der Waals surface area contributed by atoms with Gasteiger partial charge in [-0.25, -0.2) is 9.55 Å². The number of esters is 2. The number of anilines is 1. The van der Waals surface area contributed by atoms with Gasteiger partial charge in [0, 0.05) is 6.20 Å². The van der Waals surface area contributed by atoms with Gasteiger partial charge in [0.1, 0.15) is 30.8 Å². The number of hydrogen-bond acceptors (Lipinski definition) is 12. The third-order valence-electron chi connectivity index (χ3n) is 7.51. The summed E-state index contributed by atoms with van der Waals surface area (Å²) < 4.78 is 38.6. The number of nitrogen functional groups attached to an aromatic ring is 1. The Morgan fingerprint density at radius 3 is 2.57 bits per heavy atom. The standard InChI is InChI=1S/C30H42N7O8P/c1-6-10-19(4)44-27(39)20(5)36-46(41,45-22-11-8-7-9-12-22)43-16-30(15-42-28(40)23(31)18(2)3)13-21(30)14-37-17-33-24-25(37)34-29(32)35-26(24)38/h7-9,11-12,14,17-20,23H,6,10,13,15-16,31H2,1-5H3,(H,36,41)(H3,32,34,35,38)/b21-14-/t19?,20?,23?,30-,46-/m0/s1. The van der Waals surface area contributed by atoms with Gasteiger partial charge in [-0.2, -0.15) is 10.1 Å². The maximum atomic E-state index is 14.2. The van der Waals surface area contributed by atoms with Crippen LogP contribution in [-0.2, 0) is 28.2 Å². The molecule has 1 aliphatic carbocycles. The number of rotatable bonds is 16. The first-order valence-corrected chi connectivity index (χ1v) is 16.6. The first-order chi connectivity index (χ1) is 21.8. The minimum absolute atomic E-state index is 0.0820. The van der Waals surface area contributed by atoms with Crippen LogP contribution in [0.25, 0.3) is 17.4 Å². The molecule has 250 valence electrons. The van der Waals surface area contributed by atoms with Crippen LogP contribution in [0, 0.1) is 11.3 Å². The van der Waals surface area contributed by atoms with Crippen molar-refractivity contribution < 1.29 is 32.7 Å². The molecule has 3 unspecified atom stereocenters. The molecule has 2 aromatic heterocycles. The molecular weight excluding hydrogens is 617 g/mol. The van der Waals surface area contributed by atoms with Crippen molar-refractivity contribution in [3.05, 3.63) is 52.6 Å². The van der Waals surface area contributed by atoms with E-state index >= 15 is 0 Å². The van der Waals surface area contributed by atoms with Gasteiger partial charge < -0.3 is 25.5 Å². The minimum atomic E-state index is -4.23. The predicted molar refractivity (Wildman–Crippen MR) is 171 cm³/mol. The summed E-state index contributed by atoms with van der Waals surface area (Å²) in [5.41, 5.74) is 11.3. The van der Waals surface area contributed by atoms with E-state index < -0.39 is 42.7 Å². The number of carbonyl (C=O) groups excluding carboxylic acids is 2. The fourth-order valence-electron chi connectivity index (χ4n) is 4.59. The van der Waals surface area contributed by atoms with E-state index in [0.717, 1.165) is 6.42 Å². The van der Waals surface area contributed by atoms with E-state index in [1.165, 1.54) is 17.8 Å². The van der Waals surface area contributed by atoms with Crippen molar-refractivity contribution in [3.8, 4) is 5.75 Å². The number of nitrogens with zero attached hydrogens (tertiary/aromatic N) is 3. The normalized spacial score (nSPS) is 20.2. The molecule has 0 bridgehead atoms. The summed E-state index contributed by atoms with van der Waals surface area (Å²) in [5, 5.41) is 2.70. The van der Waals surface area contributed by atoms with Gasteiger partial charge in [0.25, 0.3) is 5.56 Å². The van der Waals surface area contributed by atoms with Crippen molar-refractivity contribution >= 4 is 43.0 Å². The number of carbonyl (C=O) groups is 2. The van der Waals surface area contributed by atoms with Crippen molar-refractivity contribution in [2.75, 3.05) is 18.9 Å². The number of hydrogen-bond donors (Lipinski definition) is 4. The highest BCUT2D eigenvalue weighted by Gasteiger charge is 2.52. The fourth-order valence-corrected chi connectivity index (χ4v) is 6.17. The number of imidazole rings is 1. The van der Waals surface area contributed by atoms with Gasteiger partial charge in [0.15, 0.2) is 11.2 Å². The average molecular weight is 660 g/mol. The van der Waals surface area contributed by atoms with Crippen molar-refractivity contribution in [2.45, 2.75) is 72.1 Å². The van der Waals surface area contributed by atoms with E-state index in [-0.39, 0.29) is 48.1 Å². The zero-order chi connectivity index (χ0) is 33.6. The second-order valence-electron chi connectivity index (χ2n) is 11.8. The lowest BCUT2D eigenvalue weighted by atomic mass is 10.1. The SMILES string of the molecule is CCCC(C)OC(=O)C(C)N[P@](=O)(OC[C@@]1(COC(=O)C(N)C(C)C)C/C1=C/n1cnc2c(=O)[nH]c(N)nc21)Oc1ccccc1. The molecule has 0 aliphatic heterocycles. The summed E-state index contributed by atoms with van der Waals surface area (Å²) in [6.45, 7) is 8.47. The molecule has 0 spiro atoms. The number of aromatic nitrogens is 4. The first kappa shape index (κ1) is 34.8. The van der Waals surface area contributed by atoms with E-state index in [1.54, 1.807) is 57.3 Å². The number of nitrogens with one attached hydrogen (secondary N) is 2. The average Bonchev–Trinajstić information content (AvgIpc) is 3.53. The Morgan fingerprint density at radius 1 is 1.17 bits per heavy atom. The van der Waals surface area contributed by atoms with E-state index in [9.17, 15) is 18.9 Å². The van der Waals surface area contributed by atoms with E-state index in [2.05, 4.69) is 20.0 Å². The smallest absolute Gasteiger partial charge is 0.459 e. The van der Waals surface area contributed by atoms with Crippen LogP contribution in [0.5, 0.6) is 5.75 Å². The van der Waals surface area contributed by atoms with Crippen molar-refractivity contribution in [1.29, 1.82) is 0 Å². The van der Waals surface area contributed by atoms with Crippen LogP contribution in [0.4, 0.5) is 5.95 Å². The Balaban J connectivity index is 1.61. The van der Waals surface area contributed by atoms with Crippen molar-refractivity contribution in [2.24, 2.45) is 17.1 Å². The highest BCUT2D eigenvalue weighted by atomic mass is 31.2. The molecule has 0 radical (unpaired) electrons. The van der Waals surface area contributed by atoms with Crippen LogP contribution >= 0.6 is 7.75 Å². The Labute approximate surface area is 266 Å². The molecule has 1 fully saturated rings. The van der Waals surface area contributed by atoms with Crippen LogP contribution in [-0.4, -0.2) is 62.9 Å². The lowest BCUT2D eigenvalue weighted by Crippen LogP contribution is -2.39. The number of nitrogens with two attached hydrogens (primary N) is 2. The van der Waals surface area contributed by atoms with Gasteiger partial charge in [0.2, 0.25) is 5.95 Å². The summed E-state index contributed by atoms with van der Waals surface area (Å²) >= 11 is 0.